The summed E-state index contributed by atoms with van der Waals surface area (Å²) >= 11 is 3.49. The summed E-state index contributed by atoms with van der Waals surface area (Å²) in [6.45, 7) is 2.77. The summed E-state index contributed by atoms with van der Waals surface area (Å²) in [6.07, 6.45) is 1.80. The van der Waals surface area contributed by atoms with E-state index in [1.807, 2.05) is 19.2 Å². The van der Waals surface area contributed by atoms with Crippen molar-refractivity contribution in [2.45, 2.75) is 13.5 Å². The van der Waals surface area contributed by atoms with E-state index in [1.165, 1.54) is 5.56 Å². The van der Waals surface area contributed by atoms with Gasteiger partial charge in [-0.2, -0.15) is 0 Å². The van der Waals surface area contributed by atoms with Crippen LogP contribution >= 0.6 is 15.9 Å². The molecule has 0 bridgehead atoms. The molecule has 0 unspecified atom stereocenters. The first kappa shape index (κ1) is 12.2. The maximum Gasteiger partial charge on any atom is 0.142 e. The molecular weight excluding hydrogens is 278 g/mol. The molecule has 1 heterocycles. The van der Waals surface area contributed by atoms with E-state index < -0.39 is 0 Å². The lowest BCUT2D eigenvalue weighted by molar-refractivity contribution is 0.759. The lowest BCUT2D eigenvalue weighted by Gasteiger charge is -2.07. The molecular formula is C13H14BrN3. The molecule has 1 aromatic carbocycles. The summed E-state index contributed by atoms with van der Waals surface area (Å²) < 4.78 is 1.06. The summed E-state index contributed by atoms with van der Waals surface area (Å²) in [5.74, 6) is 0.810. The number of halogens is 1. The number of hydrogen-bond acceptors (Lipinski definition) is 3. The van der Waals surface area contributed by atoms with Crippen molar-refractivity contribution in [1.82, 2.24) is 15.3 Å². The first-order valence-electron chi connectivity index (χ1n) is 5.44. The first-order valence-corrected chi connectivity index (χ1v) is 6.23. The van der Waals surface area contributed by atoms with Gasteiger partial charge in [0.1, 0.15) is 5.82 Å². The second-order valence-corrected chi connectivity index (χ2v) is 4.76. The average molecular weight is 292 g/mol. The normalized spacial score (nSPS) is 10.5. The van der Waals surface area contributed by atoms with E-state index in [0.29, 0.717) is 6.54 Å². The molecule has 1 N–H and O–H groups in total. The number of hydrogen-bond donors (Lipinski definition) is 1. The molecule has 0 radical (unpaired) electrons. The summed E-state index contributed by atoms with van der Waals surface area (Å²) in [7, 11) is 1.89. The maximum absolute atomic E-state index is 4.54. The van der Waals surface area contributed by atoms with Crippen molar-refractivity contribution in [1.29, 1.82) is 0 Å². The molecule has 17 heavy (non-hydrogen) atoms. The standard InChI is InChI=1S/C13H14BrN3/c1-9-3-4-10(14)7-11(9)12-5-6-16-13(17-12)8-15-2/h3-7,15H,8H2,1-2H3. The van der Waals surface area contributed by atoms with Crippen molar-refractivity contribution in [2.75, 3.05) is 7.05 Å². The van der Waals surface area contributed by atoms with Crippen molar-refractivity contribution in [3.05, 3.63) is 46.3 Å². The van der Waals surface area contributed by atoms with E-state index in [-0.39, 0.29) is 0 Å². The van der Waals surface area contributed by atoms with Crippen LogP contribution in [0.2, 0.25) is 0 Å². The number of aromatic nitrogens is 2. The first-order chi connectivity index (χ1) is 8.20. The van der Waals surface area contributed by atoms with Crippen LogP contribution in [0.3, 0.4) is 0 Å². The largest absolute Gasteiger partial charge is 0.313 e. The highest BCUT2D eigenvalue weighted by Gasteiger charge is 2.05. The van der Waals surface area contributed by atoms with Crippen molar-refractivity contribution < 1.29 is 0 Å². The Labute approximate surface area is 109 Å². The number of rotatable bonds is 3. The van der Waals surface area contributed by atoms with Crippen LogP contribution < -0.4 is 5.32 Å². The molecule has 0 atom stereocenters. The molecule has 0 fully saturated rings. The Hall–Kier alpha value is -1.26. The lowest BCUT2D eigenvalue weighted by atomic mass is 10.1. The zero-order valence-corrected chi connectivity index (χ0v) is 11.5. The summed E-state index contributed by atoms with van der Waals surface area (Å²) in [5.41, 5.74) is 3.31. The molecule has 0 amide bonds. The van der Waals surface area contributed by atoms with Gasteiger partial charge in [-0.25, -0.2) is 9.97 Å². The number of nitrogens with zero attached hydrogens (tertiary/aromatic N) is 2. The minimum absolute atomic E-state index is 0.681. The molecule has 0 aliphatic rings. The Morgan fingerprint density at radius 3 is 2.88 bits per heavy atom. The molecule has 2 rings (SSSR count). The van der Waals surface area contributed by atoms with Gasteiger partial charge >= 0.3 is 0 Å². The minimum Gasteiger partial charge on any atom is -0.313 e. The van der Waals surface area contributed by atoms with Gasteiger partial charge in [-0.3, -0.25) is 0 Å². The third kappa shape index (κ3) is 2.90. The molecule has 4 heteroatoms. The van der Waals surface area contributed by atoms with Crippen LogP contribution in [0.15, 0.2) is 34.9 Å². The summed E-state index contributed by atoms with van der Waals surface area (Å²) in [4.78, 5) is 8.76. The monoisotopic (exact) mass is 291 g/mol. The van der Waals surface area contributed by atoms with Crippen molar-refractivity contribution in [2.24, 2.45) is 0 Å². The Balaban J connectivity index is 2.45. The molecule has 3 nitrogen and oxygen atoms in total. The van der Waals surface area contributed by atoms with E-state index in [0.717, 1.165) is 21.6 Å². The highest BCUT2D eigenvalue weighted by atomic mass is 79.9. The van der Waals surface area contributed by atoms with Gasteiger partial charge in [0.25, 0.3) is 0 Å². The molecule has 0 saturated carbocycles. The Morgan fingerprint density at radius 2 is 2.12 bits per heavy atom. The molecule has 0 saturated heterocycles. The number of aryl methyl sites for hydroxylation is 1. The average Bonchev–Trinajstić information content (AvgIpc) is 2.33. The Kier molecular flexibility index (Phi) is 3.86. The van der Waals surface area contributed by atoms with Gasteiger partial charge in [0.15, 0.2) is 0 Å². The van der Waals surface area contributed by atoms with Crippen LogP contribution in [0.4, 0.5) is 0 Å². The molecule has 0 aliphatic carbocycles. The van der Waals surface area contributed by atoms with Gasteiger partial charge in [-0.05, 0) is 37.7 Å². The van der Waals surface area contributed by atoms with Gasteiger partial charge in [0.05, 0.1) is 12.2 Å². The fourth-order valence-electron chi connectivity index (χ4n) is 1.66. The second kappa shape index (κ2) is 5.38. The van der Waals surface area contributed by atoms with Crippen LogP contribution in [0, 0.1) is 6.92 Å². The maximum atomic E-state index is 4.54. The van der Waals surface area contributed by atoms with Crippen LogP contribution in [-0.4, -0.2) is 17.0 Å². The zero-order chi connectivity index (χ0) is 12.3. The quantitative estimate of drug-likeness (QED) is 0.945. The summed E-state index contributed by atoms with van der Waals surface area (Å²) in [6, 6.07) is 8.14. The van der Waals surface area contributed by atoms with E-state index in [2.05, 4.69) is 50.3 Å². The van der Waals surface area contributed by atoms with E-state index in [1.54, 1.807) is 6.20 Å². The van der Waals surface area contributed by atoms with Crippen molar-refractivity contribution in [3.63, 3.8) is 0 Å². The smallest absolute Gasteiger partial charge is 0.142 e. The second-order valence-electron chi connectivity index (χ2n) is 3.85. The van der Waals surface area contributed by atoms with Crippen molar-refractivity contribution in [3.8, 4) is 11.3 Å². The molecule has 0 aliphatic heterocycles. The highest BCUT2D eigenvalue weighted by molar-refractivity contribution is 9.10. The molecule has 1 aromatic heterocycles. The fraction of sp³-hybridized carbons (Fsp3) is 0.231. The number of nitrogens with one attached hydrogen (secondary N) is 1. The fourth-order valence-corrected chi connectivity index (χ4v) is 2.02. The van der Waals surface area contributed by atoms with Gasteiger partial charge in [-0.1, -0.05) is 22.0 Å². The van der Waals surface area contributed by atoms with Gasteiger partial charge < -0.3 is 5.32 Å². The molecule has 88 valence electrons. The topological polar surface area (TPSA) is 37.8 Å². The number of benzene rings is 1. The van der Waals surface area contributed by atoms with Crippen LogP contribution in [0.25, 0.3) is 11.3 Å². The Morgan fingerprint density at radius 1 is 1.29 bits per heavy atom. The zero-order valence-electron chi connectivity index (χ0n) is 9.87. The van der Waals surface area contributed by atoms with E-state index in [9.17, 15) is 0 Å². The molecule has 2 aromatic rings. The van der Waals surface area contributed by atoms with Crippen LogP contribution in [-0.2, 0) is 6.54 Å². The van der Waals surface area contributed by atoms with E-state index in [4.69, 9.17) is 0 Å². The predicted molar refractivity (Wildman–Crippen MR) is 72.7 cm³/mol. The lowest BCUT2D eigenvalue weighted by Crippen LogP contribution is -2.09. The SMILES string of the molecule is CNCc1nccc(-c2cc(Br)ccc2C)n1. The van der Waals surface area contributed by atoms with Crippen LogP contribution in [0.5, 0.6) is 0 Å². The molecule has 0 spiro atoms. The Bertz CT molecular complexity index is 526. The predicted octanol–water partition coefficient (Wildman–Crippen LogP) is 2.93. The van der Waals surface area contributed by atoms with Gasteiger partial charge in [0, 0.05) is 16.2 Å². The van der Waals surface area contributed by atoms with Gasteiger partial charge in [-0.15, -0.1) is 0 Å². The third-order valence-corrected chi connectivity index (χ3v) is 3.01. The van der Waals surface area contributed by atoms with Crippen LogP contribution in [0.1, 0.15) is 11.4 Å². The minimum atomic E-state index is 0.681. The van der Waals surface area contributed by atoms with Gasteiger partial charge in [0.2, 0.25) is 0 Å². The van der Waals surface area contributed by atoms with E-state index >= 15 is 0 Å². The van der Waals surface area contributed by atoms with Crippen molar-refractivity contribution >= 4 is 15.9 Å². The highest BCUT2D eigenvalue weighted by Crippen LogP contribution is 2.24. The summed E-state index contributed by atoms with van der Waals surface area (Å²) in [5, 5.41) is 3.05. The third-order valence-electron chi connectivity index (χ3n) is 2.52.